The summed E-state index contributed by atoms with van der Waals surface area (Å²) >= 11 is 0. The summed E-state index contributed by atoms with van der Waals surface area (Å²) in [5, 5.41) is 7.72. The molecule has 1 rings (SSSR count). The van der Waals surface area contributed by atoms with Crippen molar-refractivity contribution in [2.24, 2.45) is 0 Å². The van der Waals surface area contributed by atoms with Gasteiger partial charge in [0, 0.05) is 12.1 Å². The molecule has 0 spiro atoms. The molecule has 0 unspecified atom stereocenters. The summed E-state index contributed by atoms with van der Waals surface area (Å²) < 4.78 is 0. The fourth-order valence-electron chi connectivity index (χ4n) is 0.827. The number of anilines is 1. The summed E-state index contributed by atoms with van der Waals surface area (Å²) in [5.74, 6) is -0.745. The third-order valence-electron chi connectivity index (χ3n) is 1.84. The molecule has 0 fully saturated rings. The first-order valence-electron chi connectivity index (χ1n) is 4.52. The first kappa shape index (κ1) is 12.5. The van der Waals surface area contributed by atoms with Crippen LogP contribution >= 0.6 is 0 Å². The molecule has 0 atom stereocenters. The number of para-hydroxylation sites is 1. The molecule has 0 aliphatic carbocycles. The Morgan fingerprint density at radius 1 is 1.36 bits per heavy atom. The molecule has 0 aliphatic heterocycles. The molecule has 0 aromatic heterocycles. The van der Waals surface area contributed by atoms with E-state index in [2.05, 4.69) is 0 Å². The highest BCUT2D eigenvalue weighted by Gasteiger charge is 1.92. The van der Waals surface area contributed by atoms with Crippen LogP contribution < -0.4 is 5.73 Å². The number of carboxylic acids is 1. The summed E-state index contributed by atoms with van der Waals surface area (Å²) in [5.41, 5.74) is 8.92. The molecule has 0 saturated carbocycles. The van der Waals surface area contributed by atoms with Crippen molar-refractivity contribution in [2.75, 3.05) is 5.73 Å². The normalized spacial score (nSPS) is 8.79. The molecule has 1 aromatic rings. The molecule has 14 heavy (non-hydrogen) atoms. The minimum atomic E-state index is -0.745. The van der Waals surface area contributed by atoms with E-state index in [0.29, 0.717) is 0 Å². The quantitative estimate of drug-likeness (QED) is 0.676. The highest BCUT2D eigenvalue weighted by Crippen LogP contribution is 2.13. The summed E-state index contributed by atoms with van der Waals surface area (Å²) in [6.45, 7) is 5.63. The zero-order chi connectivity index (χ0) is 11.1. The number of carboxylic acid groups (broad SMARTS) is 1. The van der Waals surface area contributed by atoms with Gasteiger partial charge in [-0.25, -0.2) is 0 Å². The number of aliphatic carboxylic acids is 1. The maximum absolute atomic E-state index is 9.37. The summed E-state index contributed by atoms with van der Waals surface area (Å²) in [6.07, 6.45) is 0.222. The number of nitrogens with two attached hydrogens (primary N) is 1. The van der Waals surface area contributed by atoms with Crippen LogP contribution in [0.4, 0.5) is 5.69 Å². The van der Waals surface area contributed by atoms with E-state index in [4.69, 9.17) is 10.8 Å². The van der Waals surface area contributed by atoms with Crippen molar-refractivity contribution >= 4 is 11.7 Å². The molecule has 3 N–H and O–H groups in total. The van der Waals surface area contributed by atoms with Crippen LogP contribution in [-0.4, -0.2) is 11.1 Å². The third kappa shape index (κ3) is 4.50. The van der Waals surface area contributed by atoms with Crippen molar-refractivity contribution in [1.29, 1.82) is 0 Å². The van der Waals surface area contributed by atoms with Crippen molar-refractivity contribution in [3.63, 3.8) is 0 Å². The molecule has 1 aromatic carbocycles. The minimum Gasteiger partial charge on any atom is -0.481 e. The number of benzene rings is 1. The van der Waals surface area contributed by atoms with Crippen LogP contribution in [0.3, 0.4) is 0 Å². The highest BCUT2D eigenvalue weighted by molar-refractivity contribution is 5.66. The van der Waals surface area contributed by atoms with Gasteiger partial charge in [-0.2, -0.15) is 0 Å². The Morgan fingerprint density at radius 3 is 1.93 bits per heavy atom. The lowest BCUT2D eigenvalue weighted by Crippen LogP contribution is -1.91. The van der Waals surface area contributed by atoms with Crippen molar-refractivity contribution in [3.8, 4) is 0 Å². The smallest absolute Gasteiger partial charge is 0.303 e. The minimum absolute atomic E-state index is 0.222. The van der Waals surface area contributed by atoms with Gasteiger partial charge in [0.15, 0.2) is 0 Å². The van der Waals surface area contributed by atoms with Gasteiger partial charge in [0.25, 0.3) is 0 Å². The Bertz CT molecular complexity index is 288. The van der Waals surface area contributed by atoms with Crippen LogP contribution in [0.15, 0.2) is 18.2 Å². The van der Waals surface area contributed by atoms with E-state index in [9.17, 15) is 4.79 Å². The van der Waals surface area contributed by atoms with E-state index in [1.807, 2.05) is 32.0 Å². The van der Waals surface area contributed by atoms with Gasteiger partial charge in [0.05, 0.1) is 0 Å². The average molecular weight is 195 g/mol. The second-order valence-corrected chi connectivity index (χ2v) is 3.05. The van der Waals surface area contributed by atoms with Crippen molar-refractivity contribution in [1.82, 2.24) is 0 Å². The zero-order valence-corrected chi connectivity index (χ0v) is 8.87. The summed E-state index contributed by atoms with van der Waals surface area (Å²) in [4.78, 5) is 9.37. The fourth-order valence-corrected chi connectivity index (χ4v) is 0.827. The van der Waals surface area contributed by atoms with Gasteiger partial charge in [-0.3, -0.25) is 4.79 Å². The second-order valence-electron chi connectivity index (χ2n) is 3.05. The van der Waals surface area contributed by atoms with Crippen LogP contribution in [0.1, 0.15) is 24.5 Å². The maximum atomic E-state index is 9.37. The molecule has 0 aliphatic rings. The number of nitrogen functional groups attached to an aromatic ring is 1. The monoisotopic (exact) mass is 195 g/mol. The number of rotatable bonds is 1. The highest BCUT2D eigenvalue weighted by atomic mass is 16.4. The van der Waals surface area contributed by atoms with Gasteiger partial charge in [0.2, 0.25) is 0 Å². The van der Waals surface area contributed by atoms with E-state index >= 15 is 0 Å². The molecule has 0 heterocycles. The number of hydrogen-bond donors (Lipinski definition) is 2. The first-order chi connectivity index (χ1) is 6.49. The summed E-state index contributed by atoms with van der Waals surface area (Å²) in [6, 6.07) is 6.05. The molecule has 0 saturated heterocycles. The van der Waals surface area contributed by atoms with Crippen LogP contribution in [0.5, 0.6) is 0 Å². The third-order valence-corrected chi connectivity index (χ3v) is 1.84. The van der Waals surface area contributed by atoms with E-state index in [-0.39, 0.29) is 6.42 Å². The lowest BCUT2D eigenvalue weighted by atomic mass is 10.1. The molecule has 0 amide bonds. The van der Waals surface area contributed by atoms with Crippen molar-refractivity contribution in [2.45, 2.75) is 27.2 Å². The molecule has 3 nitrogen and oxygen atoms in total. The largest absolute Gasteiger partial charge is 0.481 e. The van der Waals surface area contributed by atoms with E-state index < -0.39 is 5.97 Å². The van der Waals surface area contributed by atoms with Crippen molar-refractivity contribution < 1.29 is 9.90 Å². The molecule has 3 heteroatoms. The Kier molecular flexibility index (Phi) is 5.37. The maximum Gasteiger partial charge on any atom is 0.303 e. The van der Waals surface area contributed by atoms with Gasteiger partial charge in [0.1, 0.15) is 0 Å². The van der Waals surface area contributed by atoms with E-state index in [0.717, 1.165) is 16.8 Å². The van der Waals surface area contributed by atoms with Gasteiger partial charge in [-0.1, -0.05) is 25.1 Å². The topological polar surface area (TPSA) is 63.3 Å². The number of carbonyl (C=O) groups is 1. The Labute approximate surface area is 84.6 Å². The van der Waals surface area contributed by atoms with E-state index in [1.54, 1.807) is 6.92 Å². The fraction of sp³-hybridized carbons (Fsp3) is 0.364. The second kappa shape index (κ2) is 6.02. The predicted octanol–water partition coefficient (Wildman–Crippen LogP) is 2.37. The van der Waals surface area contributed by atoms with E-state index in [1.165, 1.54) is 0 Å². The van der Waals surface area contributed by atoms with Crippen molar-refractivity contribution in [3.05, 3.63) is 29.3 Å². The lowest BCUT2D eigenvalue weighted by molar-refractivity contribution is -0.136. The molecular formula is C11H17NO2. The molecule has 78 valence electrons. The molecule has 0 radical (unpaired) electrons. The molecular weight excluding hydrogens is 178 g/mol. The Morgan fingerprint density at radius 2 is 1.71 bits per heavy atom. The van der Waals surface area contributed by atoms with Gasteiger partial charge in [-0.15, -0.1) is 0 Å². The predicted molar refractivity (Wildman–Crippen MR) is 58.3 cm³/mol. The summed E-state index contributed by atoms with van der Waals surface area (Å²) in [7, 11) is 0. The standard InChI is InChI=1S/C8H11N.C3H6O2/c1-6-4-3-5-7(2)8(6)9;1-2-3(4)5/h3-5H,9H2,1-2H3;2H2,1H3,(H,4,5). The Hall–Kier alpha value is -1.51. The van der Waals surface area contributed by atoms with Gasteiger partial charge < -0.3 is 10.8 Å². The molecule has 0 bridgehead atoms. The van der Waals surface area contributed by atoms with Crippen LogP contribution in [0, 0.1) is 13.8 Å². The van der Waals surface area contributed by atoms with Gasteiger partial charge in [-0.05, 0) is 25.0 Å². The number of aryl methyl sites for hydroxylation is 2. The first-order valence-corrected chi connectivity index (χ1v) is 4.52. The number of hydrogen-bond acceptors (Lipinski definition) is 2. The average Bonchev–Trinajstić information content (AvgIpc) is 2.15. The van der Waals surface area contributed by atoms with Crippen LogP contribution in [0.25, 0.3) is 0 Å². The van der Waals surface area contributed by atoms with Gasteiger partial charge >= 0.3 is 5.97 Å². The SMILES string of the molecule is CCC(=O)O.Cc1cccc(C)c1N. The van der Waals surface area contributed by atoms with Crippen LogP contribution in [0.2, 0.25) is 0 Å². The lowest BCUT2D eigenvalue weighted by Gasteiger charge is -2.00. The van der Waals surface area contributed by atoms with Crippen LogP contribution in [-0.2, 0) is 4.79 Å². The zero-order valence-electron chi connectivity index (χ0n) is 8.87. The Balaban J connectivity index is 0.000000292.